The SMILES string of the molecule is CCN(CC)Cc1ccc2c(=O)cc(SCc3cccc(F)c3F)n(CC(=O)N(C)Cc3ccc(-c4ccc(C(F)(F)F)cc4)cc3)c2c1.O=C(O)C(O)C(O)C(=O)O. The predicted molar refractivity (Wildman–Crippen MR) is 211 cm³/mol. The molecule has 0 aliphatic heterocycles. The van der Waals surface area contributed by atoms with Crippen LogP contribution in [0.2, 0.25) is 0 Å². The normalized spacial score (nSPS) is 12.5. The van der Waals surface area contributed by atoms with Gasteiger partial charge in [0.15, 0.2) is 29.3 Å². The van der Waals surface area contributed by atoms with Gasteiger partial charge in [0.25, 0.3) is 0 Å². The molecule has 2 unspecified atom stereocenters. The number of aliphatic carboxylic acids is 2. The minimum Gasteiger partial charge on any atom is -0.479 e. The molecule has 4 aromatic carbocycles. The summed E-state index contributed by atoms with van der Waals surface area (Å²) >= 11 is 1.15. The van der Waals surface area contributed by atoms with Gasteiger partial charge in [-0.05, 0) is 65.7 Å². The van der Waals surface area contributed by atoms with Crippen LogP contribution in [-0.4, -0.2) is 85.0 Å². The van der Waals surface area contributed by atoms with Crippen molar-refractivity contribution in [3.63, 3.8) is 0 Å². The van der Waals surface area contributed by atoms with E-state index in [1.165, 1.54) is 30.3 Å². The number of hydrogen-bond donors (Lipinski definition) is 4. The number of hydrogen-bond acceptors (Lipinski definition) is 8. The van der Waals surface area contributed by atoms with Crippen LogP contribution in [0, 0.1) is 11.6 Å². The van der Waals surface area contributed by atoms with Gasteiger partial charge in [-0.2, -0.15) is 13.2 Å². The number of carbonyl (C=O) groups excluding carboxylic acids is 1. The van der Waals surface area contributed by atoms with Crippen LogP contribution in [0.3, 0.4) is 0 Å². The Bertz CT molecular complexity index is 2300. The summed E-state index contributed by atoms with van der Waals surface area (Å²) in [6, 6.07) is 23.1. The van der Waals surface area contributed by atoms with Crippen molar-refractivity contribution in [3.05, 3.63) is 135 Å². The van der Waals surface area contributed by atoms with E-state index >= 15 is 0 Å². The minimum atomic E-state index is -4.41. The lowest BCUT2D eigenvalue weighted by atomic mass is 10.0. The quantitative estimate of drug-likeness (QED) is 0.0665. The molecule has 4 N–H and O–H groups in total. The zero-order valence-corrected chi connectivity index (χ0v) is 32.9. The van der Waals surface area contributed by atoms with Gasteiger partial charge in [0, 0.05) is 42.9 Å². The van der Waals surface area contributed by atoms with Crippen LogP contribution in [0.1, 0.15) is 36.1 Å². The van der Waals surface area contributed by atoms with E-state index < -0.39 is 47.5 Å². The molecule has 1 amide bonds. The van der Waals surface area contributed by atoms with Crippen molar-refractivity contribution in [2.24, 2.45) is 0 Å². The van der Waals surface area contributed by atoms with Gasteiger partial charge in [-0.15, -0.1) is 11.8 Å². The molecule has 2 atom stereocenters. The van der Waals surface area contributed by atoms with Gasteiger partial charge in [-0.3, -0.25) is 14.5 Å². The summed E-state index contributed by atoms with van der Waals surface area (Å²) in [5.74, 6) is -5.65. The van der Waals surface area contributed by atoms with Crippen molar-refractivity contribution in [3.8, 4) is 11.1 Å². The van der Waals surface area contributed by atoms with E-state index in [0.29, 0.717) is 28.0 Å². The van der Waals surface area contributed by atoms with Crippen LogP contribution < -0.4 is 5.43 Å². The number of carboxylic acid groups (broad SMARTS) is 2. The number of carboxylic acids is 2. The molecule has 1 aromatic heterocycles. The number of thioether (sulfide) groups is 1. The van der Waals surface area contributed by atoms with E-state index in [1.54, 1.807) is 34.7 Å². The van der Waals surface area contributed by atoms with Crippen LogP contribution in [0.15, 0.2) is 101 Å². The molecule has 314 valence electrons. The number of halogens is 5. The molecule has 5 rings (SSSR count). The van der Waals surface area contributed by atoms with Gasteiger partial charge in [0.05, 0.1) is 16.1 Å². The van der Waals surface area contributed by atoms with Crippen molar-refractivity contribution < 1.29 is 56.8 Å². The third-order valence-corrected chi connectivity index (χ3v) is 10.4. The average molecular weight is 844 g/mol. The number of benzene rings is 4. The molecule has 0 radical (unpaired) electrons. The topological polar surface area (TPSA) is 161 Å². The summed E-state index contributed by atoms with van der Waals surface area (Å²) in [7, 11) is 1.66. The van der Waals surface area contributed by atoms with E-state index in [4.69, 9.17) is 20.4 Å². The summed E-state index contributed by atoms with van der Waals surface area (Å²) in [4.78, 5) is 50.3. The Hall–Kier alpha value is -5.62. The second-order valence-electron chi connectivity index (χ2n) is 13.3. The summed E-state index contributed by atoms with van der Waals surface area (Å²) in [5.41, 5.74) is 2.92. The van der Waals surface area contributed by atoms with E-state index in [0.717, 1.165) is 59.7 Å². The molecule has 5 aromatic rings. The molecule has 0 bridgehead atoms. The maximum atomic E-state index is 14.5. The average Bonchev–Trinajstić information content (AvgIpc) is 3.21. The summed E-state index contributed by atoms with van der Waals surface area (Å²) in [5, 5.41) is 33.4. The van der Waals surface area contributed by atoms with Gasteiger partial charge >= 0.3 is 18.1 Å². The number of fused-ring (bicyclic) bond motifs is 1. The molecule has 59 heavy (non-hydrogen) atoms. The Morgan fingerprint density at radius 3 is 1.88 bits per heavy atom. The molecular formula is C42H42F5N3O8S. The Balaban J connectivity index is 0.000000680. The van der Waals surface area contributed by atoms with Crippen LogP contribution in [-0.2, 0) is 45.9 Å². The fraction of sp³-hybridized carbons (Fsp3) is 0.286. The fourth-order valence-electron chi connectivity index (χ4n) is 5.84. The largest absolute Gasteiger partial charge is 0.479 e. The lowest BCUT2D eigenvalue weighted by Gasteiger charge is -2.22. The van der Waals surface area contributed by atoms with Crippen LogP contribution >= 0.6 is 11.8 Å². The summed E-state index contributed by atoms with van der Waals surface area (Å²) < 4.78 is 69.1. The Morgan fingerprint density at radius 2 is 1.34 bits per heavy atom. The smallest absolute Gasteiger partial charge is 0.416 e. The number of alkyl halides is 3. The first-order valence-corrected chi connectivity index (χ1v) is 19.1. The number of nitrogens with zero attached hydrogens (tertiary/aromatic N) is 3. The van der Waals surface area contributed by atoms with Gasteiger partial charge in [-0.1, -0.05) is 68.4 Å². The number of aromatic nitrogens is 1. The Labute approximate surface area is 339 Å². The number of pyridine rings is 1. The molecule has 0 saturated carbocycles. The Morgan fingerprint density at radius 1 is 0.780 bits per heavy atom. The molecule has 11 nitrogen and oxygen atoms in total. The fourth-order valence-corrected chi connectivity index (χ4v) is 6.87. The highest BCUT2D eigenvalue weighted by Crippen LogP contribution is 2.32. The van der Waals surface area contributed by atoms with Crippen molar-refractivity contribution in [2.45, 2.75) is 62.6 Å². The van der Waals surface area contributed by atoms with Crippen LogP contribution in [0.5, 0.6) is 0 Å². The van der Waals surface area contributed by atoms with Crippen LogP contribution in [0.4, 0.5) is 22.0 Å². The molecule has 0 fully saturated rings. The highest BCUT2D eigenvalue weighted by molar-refractivity contribution is 7.98. The van der Waals surface area contributed by atoms with Crippen molar-refractivity contribution in [1.29, 1.82) is 0 Å². The van der Waals surface area contributed by atoms with Crippen molar-refractivity contribution in [2.75, 3.05) is 20.1 Å². The zero-order chi connectivity index (χ0) is 43.6. The maximum Gasteiger partial charge on any atom is 0.416 e. The molecule has 17 heteroatoms. The molecule has 0 spiro atoms. The highest BCUT2D eigenvalue weighted by Gasteiger charge is 2.30. The highest BCUT2D eigenvalue weighted by atomic mass is 32.2. The zero-order valence-electron chi connectivity index (χ0n) is 32.1. The van der Waals surface area contributed by atoms with Crippen molar-refractivity contribution >= 4 is 40.5 Å². The first-order valence-electron chi connectivity index (χ1n) is 18.1. The molecular weight excluding hydrogens is 802 g/mol. The monoisotopic (exact) mass is 843 g/mol. The first-order chi connectivity index (χ1) is 27.8. The minimum absolute atomic E-state index is 0.0446. The van der Waals surface area contributed by atoms with E-state index in [1.807, 2.05) is 24.3 Å². The second-order valence-corrected chi connectivity index (χ2v) is 14.3. The molecule has 0 aliphatic carbocycles. The maximum absolute atomic E-state index is 14.5. The predicted octanol–water partition coefficient (Wildman–Crippen LogP) is 6.64. The molecule has 0 saturated heterocycles. The number of rotatable bonds is 15. The summed E-state index contributed by atoms with van der Waals surface area (Å²) in [6.45, 7) is 6.61. The van der Waals surface area contributed by atoms with E-state index in [2.05, 4.69) is 18.7 Å². The molecule has 0 aliphatic rings. The summed E-state index contributed by atoms with van der Waals surface area (Å²) in [6.07, 6.45) is -8.94. The number of amides is 1. The van der Waals surface area contributed by atoms with E-state index in [9.17, 15) is 41.1 Å². The third-order valence-electron chi connectivity index (χ3n) is 9.29. The van der Waals surface area contributed by atoms with Crippen molar-refractivity contribution in [1.82, 2.24) is 14.4 Å². The number of likely N-dealkylation sites (N-methyl/N-ethyl adjacent to an activating group) is 1. The van der Waals surface area contributed by atoms with Gasteiger partial charge < -0.3 is 29.9 Å². The number of aliphatic hydroxyl groups is 2. The van der Waals surface area contributed by atoms with Crippen LogP contribution in [0.25, 0.3) is 22.0 Å². The Kier molecular flexibility index (Phi) is 15.9. The van der Waals surface area contributed by atoms with Gasteiger partial charge in [0.2, 0.25) is 5.91 Å². The number of aliphatic hydroxyl groups excluding tert-OH is 2. The third kappa shape index (κ3) is 12.2. The van der Waals surface area contributed by atoms with E-state index in [-0.39, 0.29) is 35.7 Å². The first kappa shape index (κ1) is 46.1. The second kappa shape index (κ2) is 20.4. The van der Waals surface area contributed by atoms with Gasteiger partial charge in [-0.25, -0.2) is 18.4 Å². The lowest BCUT2D eigenvalue weighted by molar-refractivity contribution is -0.165. The standard InChI is InChI=1S/C38H36F5N3O2S.C4H6O6/c1-4-45(5-2)22-26-11-18-31-33(19-26)46(36(20-34(31)47)49-24-29-7-6-8-32(39)37(29)40)23-35(48)44(3)21-25-9-12-27(13-10-25)28-14-16-30(17-15-28)38(41,42)43;5-1(3(7)8)2(6)4(9)10/h6-20H,4-5,21-24H2,1-3H3;1-2,5-6H,(H,7,8)(H,9,10). The molecule has 1 heterocycles. The number of carbonyl (C=O) groups is 3. The van der Waals surface area contributed by atoms with Gasteiger partial charge in [0.1, 0.15) is 6.54 Å². The lowest BCUT2D eigenvalue weighted by Crippen LogP contribution is -2.39.